The van der Waals surface area contributed by atoms with Gasteiger partial charge in [0, 0.05) is 42.7 Å². The molecule has 0 aliphatic carbocycles. The first kappa shape index (κ1) is 17.0. The molecule has 3 rings (SSSR count). The molecule has 1 aromatic carbocycles. The number of nitrogens with zero attached hydrogens (tertiary/aromatic N) is 2. The van der Waals surface area contributed by atoms with E-state index in [1.807, 2.05) is 25.1 Å². The summed E-state index contributed by atoms with van der Waals surface area (Å²) in [6.45, 7) is 2.44. The lowest BCUT2D eigenvalue weighted by molar-refractivity contribution is -0.0436. The minimum absolute atomic E-state index is 0.179. The Morgan fingerprint density at radius 2 is 2.21 bits per heavy atom. The summed E-state index contributed by atoms with van der Waals surface area (Å²) in [5.41, 5.74) is 0.260. The van der Waals surface area contributed by atoms with Crippen LogP contribution in [0.25, 0.3) is 0 Å². The molecule has 128 valence electrons. The highest BCUT2D eigenvalue weighted by molar-refractivity contribution is 9.10. The average molecular weight is 395 g/mol. The van der Waals surface area contributed by atoms with E-state index >= 15 is 0 Å². The summed E-state index contributed by atoms with van der Waals surface area (Å²) >= 11 is 3.49. The van der Waals surface area contributed by atoms with Gasteiger partial charge in [-0.05, 0) is 25.1 Å². The van der Waals surface area contributed by atoms with E-state index in [4.69, 9.17) is 14.2 Å². The second kappa shape index (κ2) is 6.57. The fourth-order valence-corrected chi connectivity index (χ4v) is 3.24. The Bertz CT molecular complexity index is 807. The summed E-state index contributed by atoms with van der Waals surface area (Å²) in [6.07, 6.45) is 0.353. The smallest absolute Gasteiger partial charge is 0.266 e. The average Bonchev–Trinajstić information content (AvgIpc) is 2.52. The maximum absolute atomic E-state index is 11.5. The third-order valence-corrected chi connectivity index (χ3v) is 4.43. The lowest BCUT2D eigenvalue weighted by Gasteiger charge is -2.39. The molecule has 7 heteroatoms. The van der Waals surface area contributed by atoms with Gasteiger partial charge in [0.2, 0.25) is 5.88 Å². The number of aryl methyl sites for hydroxylation is 1. The fourth-order valence-electron chi connectivity index (χ4n) is 2.86. The maximum Gasteiger partial charge on any atom is 0.266 e. The van der Waals surface area contributed by atoms with Crippen LogP contribution >= 0.6 is 15.9 Å². The second-order valence-corrected chi connectivity index (χ2v) is 7.03. The summed E-state index contributed by atoms with van der Waals surface area (Å²) in [6, 6.07) is 8.85. The Hall–Kier alpha value is -1.86. The molecular formula is C17H19BrN2O4. The van der Waals surface area contributed by atoms with Crippen LogP contribution in [0.4, 0.5) is 0 Å². The van der Waals surface area contributed by atoms with Crippen molar-refractivity contribution in [1.29, 1.82) is 0 Å². The molecule has 0 radical (unpaired) electrons. The van der Waals surface area contributed by atoms with Gasteiger partial charge < -0.3 is 14.2 Å². The zero-order valence-corrected chi connectivity index (χ0v) is 15.4. The lowest BCUT2D eigenvalue weighted by atomic mass is 9.90. The molecule has 0 N–H and O–H groups in total. The second-order valence-electron chi connectivity index (χ2n) is 6.11. The molecule has 24 heavy (non-hydrogen) atoms. The molecule has 0 bridgehead atoms. The van der Waals surface area contributed by atoms with Gasteiger partial charge in [0.25, 0.3) is 5.56 Å². The third kappa shape index (κ3) is 3.47. The summed E-state index contributed by atoms with van der Waals surface area (Å²) in [4.78, 5) is 11.5. The molecular weight excluding hydrogens is 376 g/mol. The van der Waals surface area contributed by atoms with E-state index in [1.165, 1.54) is 10.7 Å². The van der Waals surface area contributed by atoms with E-state index in [0.29, 0.717) is 18.9 Å². The standard InChI is InChI=1S/C17H19BrN2O4/c1-17(10-22-3)9-14(12-8-11(18)4-5-13(12)24-17)23-15-6-7-16(21)20(2)19-15/h4-8,14H,9-10H2,1-3H3. The van der Waals surface area contributed by atoms with Gasteiger partial charge in [-0.25, -0.2) is 4.68 Å². The summed E-state index contributed by atoms with van der Waals surface area (Å²) in [5.74, 6) is 1.16. The molecule has 0 fully saturated rings. The molecule has 2 aromatic rings. The third-order valence-electron chi connectivity index (χ3n) is 3.94. The first-order chi connectivity index (χ1) is 11.4. The van der Waals surface area contributed by atoms with Crippen molar-refractivity contribution in [1.82, 2.24) is 9.78 Å². The molecule has 2 unspecified atom stereocenters. The van der Waals surface area contributed by atoms with Gasteiger partial charge in [0.1, 0.15) is 17.5 Å². The molecule has 2 heterocycles. The Morgan fingerprint density at radius 3 is 2.92 bits per heavy atom. The topological polar surface area (TPSA) is 62.6 Å². The molecule has 2 atom stereocenters. The Kier molecular flexibility index (Phi) is 4.64. The van der Waals surface area contributed by atoms with Crippen LogP contribution in [0.3, 0.4) is 0 Å². The fraction of sp³-hybridized carbons (Fsp3) is 0.412. The quantitative estimate of drug-likeness (QED) is 0.797. The van der Waals surface area contributed by atoms with Gasteiger partial charge >= 0.3 is 0 Å². The van der Waals surface area contributed by atoms with Crippen LogP contribution in [-0.2, 0) is 11.8 Å². The maximum atomic E-state index is 11.5. The van der Waals surface area contributed by atoms with Crippen LogP contribution in [0.5, 0.6) is 11.6 Å². The first-order valence-corrected chi connectivity index (χ1v) is 8.38. The van der Waals surface area contributed by atoms with Gasteiger partial charge in [-0.2, -0.15) is 0 Å². The number of aromatic nitrogens is 2. The van der Waals surface area contributed by atoms with Gasteiger partial charge in [-0.15, -0.1) is 5.10 Å². The zero-order valence-electron chi connectivity index (χ0n) is 13.8. The largest absolute Gasteiger partial charge is 0.485 e. The van der Waals surface area contributed by atoms with Crippen LogP contribution in [0.15, 0.2) is 39.6 Å². The van der Waals surface area contributed by atoms with E-state index in [0.717, 1.165) is 15.8 Å². The number of fused-ring (bicyclic) bond motifs is 1. The van der Waals surface area contributed by atoms with Crippen LogP contribution in [-0.4, -0.2) is 29.1 Å². The number of hydrogen-bond donors (Lipinski definition) is 0. The number of benzene rings is 1. The molecule has 1 aliphatic rings. The minimum Gasteiger partial charge on any atom is -0.485 e. The van der Waals surface area contributed by atoms with Crippen molar-refractivity contribution in [3.8, 4) is 11.6 Å². The SMILES string of the molecule is COCC1(C)CC(Oc2ccc(=O)n(C)n2)c2cc(Br)ccc2O1. The molecule has 0 amide bonds. The summed E-state index contributed by atoms with van der Waals surface area (Å²) in [7, 11) is 3.24. The van der Waals surface area contributed by atoms with Crippen molar-refractivity contribution in [3.05, 3.63) is 50.7 Å². The van der Waals surface area contributed by atoms with E-state index in [9.17, 15) is 4.79 Å². The summed E-state index contributed by atoms with van der Waals surface area (Å²) < 4.78 is 19.7. The van der Waals surface area contributed by atoms with E-state index in [1.54, 1.807) is 20.2 Å². The number of ether oxygens (including phenoxy) is 3. The molecule has 6 nitrogen and oxygen atoms in total. The van der Waals surface area contributed by atoms with Crippen molar-refractivity contribution in [2.75, 3.05) is 13.7 Å². The molecule has 0 saturated carbocycles. The van der Waals surface area contributed by atoms with Gasteiger partial charge in [-0.1, -0.05) is 15.9 Å². The van der Waals surface area contributed by atoms with Crippen molar-refractivity contribution >= 4 is 15.9 Å². The minimum atomic E-state index is -0.499. The van der Waals surface area contributed by atoms with Gasteiger partial charge in [0.05, 0.1) is 6.61 Å². The van der Waals surface area contributed by atoms with E-state index in [-0.39, 0.29) is 11.7 Å². The summed E-state index contributed by atoms with van der Waals surface area (Å²) in [5, 5.41) is 4.15. The molecule has 0 saturated heterocycles. The number of methoxy groups -OCH3 is 1. The van der Waals surface area contributed by atoms with Crippen molar-refractivity contribution < 1.29 is 14.2 Å². The van der Waals surface area contributed by atoms with E-state index in [2.05, 4.69) is 21.0 Å². The van der Waals surface area contributed by atoms with Crippen molar-refractivity contribution in [2.24, 2.45) is 7.05 Å². The van der Waals surface area contributed by atoms with Crippen LogP contribution in [0.2, 0.25) is 0 Å². The normalized spacial score (nSPS) is 22.6. The van der Waals surface area contributed by atoms with Gasteiger partial charge in [-0.3, -0.25) is 4.79 Å². The molecule has 1 aliphatic heterocycles. The molecule has 0 spiro atoms. The number of halogens is 1. The highest BCUT2D eigenvalue weighted by Crippen LogP contribution is 2.42. The highest BCUT2D eigenvalue weighted by Gasteiger charge is 2.39. The van der Waals surface area contributed by atoms with Crippen molar-refractivity contribution in [3.63, 3.8) is 0 Å². The van der Waals surface area contributed by atoms with Crippen LogP contribution in [0.1, 0.15) is 25.0 Å². The van der Waals surface area contributed by atoms with Crippen molar-refractivity contribution in [2.45, 2.75) is 25.0 Å². The number of rotatable bonds is 4. The van der Waals surface area contributed by atoms with Gasteiger partial charge in [0.15, 0.2) is 0 Å². The number of hydrogen-bond acceptors (Lipinski definition) is 5. The Morgan fingerprint density at radius 1 is 1.42 bits per heavy atom. The molecule has 1 aromatic heterocycles. The highest BCUT2D eigenvalue weighted by atomic mass is 79.9. The zero-order chi connectivity index (χ0) is 17.3. The predicted molar refractivity (Wildman–Crippen MR) is 92.5 cm³/mol. The predicted octanol–water partition coefficient (Wildman–Crippen LogP) is 2.85. The first-order valence-electron chi connectivity index (χ1n) is 7.59. The Labute approximate surface area is 148 Å². The van der Waals surface area contributed by atoms with E-state index < -0.39 is 5.60 Å². The van der Waals surface area contributed by atoms with Crippen LogP contribution < -0.4 is 15.0 Å². The Balaban J connectivity index is 1.96. The van der Waals surface area contributed by atoms with Crippen LogP contribution in [0, 0.1) is 0 Å². The monoisotopic (exact) mass is 394 g/mol. The lowest BCUT2D eigenvalue weighted by Crippen LogP contribution is -2.43.